The predicted molar refractivity (Wildman–Crippen MR) is 139 cm³/mol. The van der Waals surface area contributed by atoms with Crippen molar-refractivity contribution < 1.29 is 23.5 Å². The number of benzene rings is 1. The van der Waals surface area contributed by atoms with E-state index in [-0.39, 0.29) is 24.1 Å². The van der Waals surface area contributed by atoms with Gasteiger partial charge < -0.3 is 19.8 Å². The number of nitrogens with zero attached hydrogens (tertiary/aromatic N) is 1. The molecule has 2 amide bonds. The van der Waals surface area contributed by atoms with Crippen LogP contribution in [0.2, 0.25) is 0 Å². The van der Waals surface area contributed by atoms with Crippen molar-refractivity contribution in [2.24, 2.45) is 5.92 Å². The van der Waals surface area contributed by atoms with Crippen molar-refractivity contribution in [3.8, 4) is 6.07 Å². The highest BCUT2D eigenvalue weighted by atomic mass is 32.2. The van der Waals surface area contributed by atoms with Crippen LogP contribution in [0.15, 0.2) is 47.1 Å². The summed E-state index contributed by atoms with van der Waals surface area (Å²) in [5.41, 5.74) is 1.25. The number of hydrogen-bond acceptors (Lipinski definition) is 7. The first-order chi connectivity index (χ1) is 17.3. The number of carbonyl (C=O) groups excluding carboxylic acids is 3. The minimum atomic E-state index is -0.828. The van der Waals surface area contributed by atoms with Gasteiger partial charge in [0.25, 0.3) is 0 Å². The molecule has 0 aliphatic rings. The second-order valence-electron chi connectivity index (χ2n) is 8.95. The van der Waals surface area contributed by atoms with Crippen molar-refractivity contribution in [1.29, 1.82) is 5.26 Å². The van der Waals surface area contributed by atoms with Crippen LogP contribution >= 0.6 is 11.8 Å². The fourth-order valence-electron chi connectivity index (χ4n) is 3.45. The molecule has 0 bridgehead atoms. The topological polar surface area (TPSA) is 121 Å². The third-order valence-corrected chi connectivity index (χ3v) is 6.37. The lowest BCUT2D eigenvalue weighted by molar-refractivity contribution is -0.128. The highest BCUT2D eigenvalue weighted by molar-refractivity contribution is 7.99. The van der Waals surface area contributed by atoms with Crippen molar-refractivity contribution in [3.05, 3.63) is 59.5 Å². The molecule has 0 fully saturated rings. The van der Waals surface area contributed by atoms with Gasteiger partial charge in [-0.15, -0.1) is 11.8 Å². The predicted octanol–water partition coefficient (Wildman–Crippen LogP) is 4.97. The molecule has 0 radical (unpaired) electrons. The molecule has 2 rings (SSSR count). The molecule has 0 spiro atoms. The molecule has 1 aromatic carbocycles. The van der Waals surface area contributed by atoms with E-state index < -0.39 is 24.1 Å². The van der Waals surface area contributed by atoms with E-state index in [1.807, 2.05) is 32.9 Å². The van der Waals surface area contributed by atoms with E-state index in [1.165, 1.54) is 11.8 Å². The number of Topliss-reactive ketones (excluding diaryl/α,β-unsaturated/α-hetero) is 1. The lowest BCUT2D eigenvalue weighted by atomic mass is 10.0. The summed E-state index contributed by atoms with van der Waals surface area (Å²) in [5, 5.41) is 14.4. The molecule has 2 aromatic rings. The molecule has 0 aliphatic heterocycles. The van der Waals surface area contributed by atoms with Gasteiger partial charge in [0.05, 0.1) is 35.4 Å². The number of thioether (sulfide) groups is 1. The molecule has 0 saturated carbocycles. The van der Waals surface area contributed by atoms with E-state index in [1.54, 1.807) is 36.6 Å². The van der Waals surface area contributed by atoms with Crippen LogP contribution in [-0.2, 0) is 26.7 Å². The third kappa shape index (κ3) is 10.6. The first-order valence-electron chi connectivity index (χ1n) is 12.2. The van der Waals surface area contributed by atoms with E-state index in [0.717, 1.165) is 24.2 Å². The normalized spacial score (nSPS) is 12.4. The van der Waals surface area contributed by atoms with Gasteiger partial charge in [-0.2, -0.15) is 5.26 Å². The number of alkyl carbamates (subject to hydrolysis) is 1. The van der Waals surface area contributed by atoms with Crippen LogP contribution < -0.4 is 10.6 Å². The number of nitriles is 1. The largest absolute Gasteiger partial charge is 0.468 e. The zero-order chi connectivity index (χ0) is 26.3. The number of carbonyl (C=O) groups is 3. The quantitative estimate of drug-likeness (QED) is 0.345. The molecule has 2 unspecified atom stereocenters. The number of ether oxygens (including phenoxy) is 1. The van der Waals surface area contributed by atoms with Crippen LogP contribution in [-0.4, -0.2) is 35.6 Å². The summed E-state index contributed by atoms with van der Waals surface area (Å²) in [6.07, 6.45) is 3.52. The summed E-state index contributed by atoms with van der Waals surface area (Å²) in [6.45, 7) is 5.95. The maximum atomic E-state index is 13.1. The Morgan fingerprint density at radius 1 is 1.11 bits per heavy atom. The Hall–Kier alpha value is -3.25. The third-order valence-electron chi connectivity index (χ3n) is 5.39. The summed E-state index contributed by atoms with van der Waals surface area (Å²) < 4.78 is 10.6. The van der Waals surface area contributed by atoms with Gasteiger partial charge in [-0.25, -0.2) is 4.79 Å². The number of furan rings is 1. The Morgan fingerprint density at radius 3 is 2.47 bits per heavy atom. The summed E-state index contributed by atoms with van der Waals surface area (Å²) >= 11 is 1.44. The summed E-state index contributed by atoms with van der Waals surface area (Å²) in [4.78, 5) is 38.4. The zero-order valence-corrected chi connectivity index (χ0v) is 21.9. The number of amides is 2. The minimum absolute atomic E-state index is 0.0120. The number of hydrogen-bond donors (Lipinski definition) is 2. The van der Waals surface area contributed by atoms with Crippen molar-refractivity contribution in [1.82, 2.24) is 10.6 Å². The van der Waals surface area contributed by atoms with E-state index in [9.17, 15) is 14.4 Å². The number of ketones is 1. The first kappa shape index (κ1) is 29.0. The molecule has 8 nitrogen and oxygen atoms in total. The molecule has 0 aliphatic carbocycles. The summed E-state index contributed by atoms with van der Waals surface area (Å²) in [7, 11) is 0. The lowest BCUT2D eigenvalue weighted by Gasteiger charge is -2.24. The Kier molecular flexibility index (Phi) is 12.6. The van der Waals surface area contributed by atoms with Gasteiger partial charge in [0.15, 0.2) is 5.78 Å². The van der Waals surface area contributed by atoms with Crippen LogP contribution in [0.3, 0.4) is 0 Å². The van der Waals surface area contributed by atoms with Crippen molar-refractivity contribution in [3.63, 3.8) is 0 Å². The number of rotatable bonds is 15. The molecule has 1 aromatic heterocycles. The maximum Gasteiger partial charge on any atom is 0.408 e. The van der Waals surface area contributed by atoms with E-state index in [0.29, 0.717) is 24.2 Å². The standard InChI is InChI=1S/C27H35N3O5S/c1-4-5-8-23(25(31)18-36-17-22-7-6-13-34-22)29-26(32)24(14-19(2)3)30-27(33)35-16-21-11-9-20(15-28)10-12-21/h6-7,9-13,19,23-24H,4-5,8,14,16-18H2,1-3H3,(H,29,32)(H,30,33). The minimum Gasteiger partial charge on any atom is -0.468 e. The van der Waals surface area contributed by atoms with Crippen LogP contribution in [0.4, 0.5) is 4.79 Å². The van der Waals surface area contributed by atoms with Crippen LogP contribution in [0.1, 0.15) is 63.3 Å². The summed E-state index contributed by atoms with van der Waals surface area (Å²) in [5.74, 6) is 1.31. The molecule has 2 atom stereocenters. The molecular formula is C27H35N3O5S. The Labute approximate surface area is 217 Å². The second-order valence-corrected chi connectivity index (χ2v) is 9.94. The zero-order valence-electron chi connectivity index (χ0n) is 21.1. The van der Waals surface area contributed by atoms with Crippen LogP contribution in [0, 0.1) is 17.2 Å². The first-order valence-corrected chi connectivity index (χ1v) is 13.3. The van der Waals surface area contributed by atoms with Gasteiger partial charge in [0.1, 0.15) is 18.4 Å². The number of unbranched alkanes of at least 4 members (excludes halogenated alkanes) is 1. The number of nitrogens with one attached hydrogen (secondary N) is 2. The van der Waals surface area contributed by atoms with E-state index in [4.69, 9.17) is 14.4 Å². The molecule has 1 heterocycles. The summed E-state index contributed by atoms with van der Waals surface area (Å²) in [6, 6.07) is 11.0. The van der Waals surface area contributed by atoms with Crippen LogP contribution in [0.25, 0.3) is 0 Å². The second kappa shape index (κ2) is 15.7. The SMILES string of the molecule is CCCCC(NC(=O)C(CC(C)C)NC(=O)OCc1ccc(C#N)cc1)C(=O)CSCc1ccco1. The average Bonchev–Trinajstić information content (AvgIpc) is 3.38. The molecule has 2 N–H and O–H groups in total. The van der Waals surface area contributed by atoms with Crippen molar-refractivity contribution in [2.45, 2.75) is 70.9 Å². The van der Waals surface area contributed by atoms with Gasteiger partial charge >= 0.3 is 6.09 Å². The maximum absolute atomic E-state index is 13.1. The average molecular weight is 514 g/mol. The molecular weight excluding hydrogens is 478 g/mol. The van der Waals surface area contributed by atoms with E-state index in [2.05, 4.69) is 10.6 Å². The fourth-order valence-corrected chi connectivity index (χ4v) is 4.32. The van der Waals surface area contributed by atoms with Gasteiger partial charge in [0, 0.05) is 0 Å². The van der Waals surface area contributed by atoms with Gasteiger partial charge in [-0.3, -0.25) is 9.59 Å². The molecule has 36 heavy (non-hydrogen) atoms. The Balaban J connectivity index is 1.94. The smallest absolute Gasteiger partial charge is 0.408 e. The van der Waals surface area contributed by atoms with E-state index >= 15 is 0 Å². The van der Waals surface area contributed by atoms with Crippen LogP contribution in [0.5, 0.6) is 0 Å². The molecule has 194 valence electrons. The van der Waals surface area contributed by atoms with Gasteiger partial charge in [-0.1, -0.05) is 45.7 Å². The lowest BCUT2D eigenvalue weighted by Crippen LogP contribution is -2.52. The van der Waals surface area contributed by atoms with Crippen molar-refractivity contribution >= 4 is 29.5 Å². The Morgan fingerprint density at radius 2 is 1.86 bits per heavy atom. The monoisotopic (exact) mass is 513 g/mol. The highest BCUT2D eigenvalue weighted by Gasteiger charge is 2.27. The van der Waals surface area contributed by atoms with Crippen molar-refractivity contribution in [2.75, 3.05) is 5.75 Å². The molecule has 9 heteroatoms. The van der Waals surface area contributed by atoms with Gasteiger partial charge in [-0.05, 0) is 48.6 Å². The fraction of sp³-hybridized carbons (Fsp3) is 0.481. The molecule has 0 saturated heterocycles. The highest BCUT2D eigenvalue weighted by Crippen LogP contribution is 2.15. The van der Waals surface area contributed by atoms with Gasteiger partial charge in [0.2, 0.25) is 5.91 Å². The Bertz CT molecular complexity index is 999.